The summed E-state index contributed by atoms with van der Waals surface area (Å²) < 4.78 is 5.13. The third kappa shape index (κ3) is 1.80. The largest absolute Gasteiger partial charge is 0.476 e. The highest BCUT2D eigenvalue weighted by Crippen LogP contribution is 2.43. The fourth-order valence-electron chi connectivity index (χ4n) is 2.13. The van der Waals surface area contributed by atoms with Gasteiger partial charge in [0.1, 0.15) is 0 Å². The topological polar surface area (TPSA) is 63.3 Å². The Morgan fingerprint density at radius 3 is 3.11 bits per heavy atom. The lowest BCUT2D eigenvalue weighted by molar-refractivity contribution is 0.0686. The number of fused-ring (bicyclic) bond motifs is 1. The summed E-state index contributed by atoms with van der Waals surface area (Å²) in [4.78, 5) is 12.0. The highest BCUT2D eigenvalue weighted by molar-refractivity contribution is 8.00. The van der Waals surface area contributed by atoms with Crippen molar-refractivity contribution in [3.8, 4) is 11.3 Å². The number of carboxylic acid groups (broad SMARTS) is 1. The van der Waals surface area contributed by atoms with Gasteiger partial charge in [0.2, 0.25) is 0 Å². The van der Waals surface area contributed by atoms with Crippen LogP contribution in [-0.4, -0.2) is 21.5 Å². The number of benzene rings is 1. The predicted octanol–water partition coefficient (Wildman–Crippen LogP) is 3.08. The van der Waals surface area contributed by atoms with Gasteiger partial charge in [0.05, 0.1) is 0 Å². The van der Waals surface area contributed by atoms with Crippen LogP contribution in [0.5, 0.6) is 0 Å². The first-order valence-corrected chi connectivity index (χ1v) is 6.52. The van der Waals surface area contributed by atoms with Gasteiger partial charge in [0.15, 0.2) is 11.5 Å². The van der Waals surface area contributed by atoms with Crippen LogP contribution in [-0.2, 0) is 6.42 Å². The lowest BCUT2D eigenvalue weighted by atomic mass is 10.1. The lowest BCUT2D eigenvalue weighted by Crippen LogP contribution is -1.94. The fraction of sp³-hybridized carbons (Fsp3) is 0.231. The minimum absolute atomic E-state index is 0.0568. The van der Waals surface area contributed by atoms with Crippen LogP contribution in [0.3, 0.4) is 0 Å². The number of hydrogen-bond acceptors (Lipinski definition) is 4. The van der Waals surface area contributed by atoms with Crippen molar-refractivity contribution in [1.82, 2.24) is 5.16 Å². The summed E-state index contributed by atoms with van der Waals surface area (Å²) in [6.45, 7) is 2.18. The molecule has 2 heterocycles. The van der Waals surface area contributed by atoms with Crippen molar-refractivity contribution >= 4 is 17.7 Å². The average molecular weight is 261 g/mol. The molecule has 4 nitrogen and oxygen atoms in total. The molecule has 3 rings (SSSR count). The smallest absolute Gasteiger partial charge is 0.358 e. The average Bonchev–Trinajstić information content (AvgIpc) is 2.92. The Bertz CT molecular complexity index is 620. The highest BCUT2D eigenvalue weighted by atomic mass is 32.2. The van der Waals surface area contributed by atoms with E-state index in [1.165, 1.54) is 16.5 Å². The van der Waals surface area contributed by atoms with Gasteiger partial charge >= 0.3 is 5.97 Å². The second kappa shape index (κ2) is 4.17. The first kappa shape index (κ1) is 11.3. The molecule has 18 heavy (non-hydrogen) atoms. The molecule has 0 amide bonds. The predicted molar refractivity (Wildman–Crippen MR) is 67.9 cm³/mol. The lowest BCUT2D eigenvalue weighted by Gasteiger charge is -2.03. The Balaban J connectivity index is 2.07. The van der Waals surface area contributed by atoms with E-state index in [0.717, 1.165) is 12.0 Å². The zero-order chi connectivity index (χ0) is 12.7. The summed E-state index contributed by atoms with van der Waals surface area (Å²) in [6.07, 6.45) is 1.04. The summed E-state index contributed by atoms with van der Waals surface area (Å²) in [5.41, 5.74) is 2.17. The number of carbonyl (C=O) groups is 1. The van der Waals surface area contributed by atoms with E-state index in [4.69, 9.17) is 9.63 Å². The number of aromatic carboxylic acids is 1. The zero-order valence-corrected chi connectivity index (χ0v) is 10.5. The van der Waals surface area contributed by atoms with E-state index >= 15 is 0 Å². The monoisotopic (exact) mass is 261 g/mol. The first-order chi connectivity index (χ1) is 8.65. The third-order valence-electron chi connectivity index (χ3n) is 2.92. The van der Waals surface area contributed by atoms with E-state index < -0.39 is 5.97 Å². The van der Waals surface area contributed by atoms with Crippen molar-refractivity contribution in [2.45, 2.75) is 23.5 Å². The molecule has 0 bridgehead atoms. The van der Waals surface area contributed by atoms with Crippen LogP contribution >= 0.6 is 11.8 Å². The minimum Gasteiger partial charge on any atom is -0.476 e. The van der Waals surface area contributed by atoms with E-state index in [9.17, 15) is 4.79 Å². The number of carboxylic acids is 1. The van der Waals surface area contributed by atoms with E-state index in [0.29, 0.717) is 11.0 Å². The van der Waals surface area contributed by atoms with Crippen LogP contribution in [0.25, 0.3) is 11.3 Å². The van der Waals surface area contributed by atoms with Crippen LogP contribution in [0.15, 0.2) is 33.7 Å². The third-order valence-corrected chi connectivity index (χ3v) is 4.20. The first-order valence-electron chi connectivity index (χ1n) is 5.64. The standard InChI is InChI=1S/C13H11NO3S/c1-7-5-8-3-2-4-9(12(8)18-7)11-6-10(13(15)16)14-17-11/h2-4,6-7H,5H2,1H3,(H,15,16). The summed E-state index contributed by atoms with van der Waals surface area (Å²) in [5, 5.41) is 13.0. The molecule has 0 aliphatic carbocycles. The maximum atomic E-state index is 10.8. The molecule has 1 aromatic heterocycles. The SMILES string of the molecule is CC1Cc2cccc(-c3cc(C(=O)O)no3)c2S1. The molecule has 1 aliphatic rings. The summed E-state index contributed by atoms with van der Waals surface area (Å²) in [7, 11) is 0. The Morgan fingerprint density at radius 2 is 2.39 bits per heavy atom. The molecule has 1 unspecified atom stereocenters. The van der Waals surface area contributed by atoms with Gasteiger partial charge in [-0.1, -0.05) is 24.2 Å². The van der Waals surface area contributed by atoms with E-state index in [2.05, 4.69) is 18.1 Å². The Labute approximate surface area is 108 Å². The van der Waals surface area contributed by atoms with Gasteiger partial charge in [-0.05, 0) is 18.1 Å². The van der Waals surface area contributed by atoms with Gasteiger partial charge in [-0.2, -0.15) is 0 Å². The van der Waals surface area contributed by atoms with E-state index in [-0.39, 0.29) is 5.69 Å². The van der Waals surface area contributed by atoms with Crippen molar-refractivity contribution < 1.29 is 14.4 Å². The molecule has 1 atom stereocenters. The highest BCUT2D eigenvalue weighted by Gasteiger charge is 2.24. The van der Waals surface area contributed by atoms with Crippen LogP contribution < -0.4 is 0 Å². The quantitative estimate of drug-likeness (QED) is 0.900. The summed E-state index contributed by atoms with van der Waals surface area (Å²) in [5.74, 6) is -0.551. The molecular formula is C13H11NO3S. The number of nitrogens with zero attached hydrogens (tertiary/aromatic N) is 1. The van der Waals surface area contributed by atoms with Crippen LogP contribution in [0.4, 0.5) is 0 Å². The van der Waals surface area contributed by atoms with E-state index in [1.54, 1.807) is 11.8 Å². The van der Waals surface area contributed by atoms with Gasteiger partial charge < -0.3 is 9.63 Å². The number of aromatic nitrogens is 1. The second-order valence-corrected chi connectivity index (χ2v) is 5.76. The van der Waals surface area contributed by atoms with Crippen LogP contribution in [0.2, 0.25) is 0 Å². The molecule has 2 aromatic rings. The Kier molecular flexibility index (Phi) is 2.63. The minimum atomic E-state index is -1.07. The van der Waals surface area contributed by atoms with Gasteiger partial charge in [0.25, 0.3) is 0 Å². The maximum Gasteiger partial charge on any atom is 0.358 e. The molecule has 0 saturated heterocycles. The van der Waals surface area contributed by atoms with Crippen molar-refractivity contribution in [2.24, 2.45) is 0 Å². The molecule has 0 spiro atoms. The summed E-state index contributed by atoms with van der Waals surface area (Å²) >= 11 is 1.79. The van der Waals surface area contributed by atoms with Crippen molar-refractivity contribution in [1.29, 1.82) is 0 Å². The molecule has 0 fully saturated rings. The molecule has 0 saturated carbocycles. The molecule has 1 aromatic carbocycles. The molecular weight excluding hydrogens is 250 g/mol. The van der Waals surface area contributed by atoms with Crippen LogP contribution in [0.1, 0.15) is 23.0 Å². The summed E-state index contributed by atoms with van der Waals surface area (Å²) in [6, 6.07) is 7.48. The molecule has 92 valence electrons. The Morgan fingerprint density at radius 1 is 1.56 bits per heavy atom. The number of rotatable bonds is 2. The van der Waals surface area contributed by atoms with E-state index in [1.807, 2.05) is 12.1 Å². The molecule has 0 radical (unpaired) electrons. The normalized spacial score (nSPS) is 17.7. The number of thioether (sulfide) groups is 1. The molecule has 1 aliphatic heterocycles. The number of hydrogen-bond donors (Lipinski definition) is 1. The molecule has 1 N–H and O–H groups in total. The van der Waals surface area contributed by atoms with Crippen molar-refractivity contribution in [3.05, 3.63) is 35.5 Å². The van der Waals surface area contributed by atoms with Gasteiger partial charge in [-0.25, -0.2) is 4.79 Å². The van der Waals surface area contributed by atoms with Crippen molar-refractivity contribution in [3.63, 3.8) is 0 Å². The van der Waals surface area contributed by atoms with Crippen LogP contribution in [0, 0.1) is 0 Å². The van der Waals surface area contributed by atoms with Gasteiger partial charge in [0, 0.05) is 21.8 Å². The van der Waals surface area contributed by atoms with Gasteiger partial charge in [-0.3, -0.25) is 0 Å². The molecule has 5 heteroatoms. The van der Waals surface area contributed by atoms with Gasteiger partial charge in [-0.15, -0.1) is 11.8 Å². The second-order valence-electron chi connectivity index (χ2n) is 4.31. The van der Waals surface area contributed by atoms with Crippen molar-refractivity contribution in [2.75, 3.05) is 0 Å². The Hall–Kier alpha value is -1.75. The fourth-order valence-corrected chi connectivity index (χ4v) is 3.40. The zero-order valence-electron chi connectivity index (χ0n) is 9.71. The maximum absolute atomic E-state index is 10.8.